The number of hydrogen-bond acceptors (Lipinski definition) is 2. The van der Waals surface area contributed by atoms with Crippen molar-refractivity contribution >= 4 is 11.3 Å². The molecule has 0 radical (unpaired) electrons. The lowest BCUT2D eigenvalue weighted by Gasteiger charge is -2.37. The summed E-state index contributed by atoms with van der Waals surface area (Å²) in [6, 6.07) is 1.80. The minimum absolute atomic E-state index is 0.134. The fourth-order valence-electron chi connectivity index (χ4n) is 2.48. The minimum atomic E-state index is -4.19. The number of aliphatic hydroxyl groups is 1. The van der Waals surface area contributed by atoms with E-state index in [1.807, 2.05) is 6.92 Å². The lowest BCUT2D eigenvalue weighted by atomic mass is 9.75. The quantitative estimate of drug-likeness (QED) is 0.813. The van der Waals surface area contributed by atoms with Gasteiger partial charge < -0.3 is 5.11 Å². The lowest BCUT2D eigenvalue weighted by Crippen LogP contribution is -2.38. The van der Waals surface area contributed by atoms with Crippen LogP contribution in [0.2, 0.25) is 0 Å². The SMILES string of the molecule is Cc1cc(C2(O)CCCC(C(F)(F)F)C2)cs1. The van der Waals surface area contributed by atoms with E-state index in [2.05, 4.69) is 0 Å². The highest BCUT2D eigenvalue weighted by molar-refractivity contribution is 7.10. The van der Waals surface area contributed by atoms with Gasteiger partial charge in [-0.3, -0.25) is 0 Å². The molecular weight excluding hydrogens is 249 g/mol. The molecule has 1 aliphatic carbocycles. The highest BCUT2D eigenvalue weighted by Crippen LogP contribution is 2.46. The second-order valence-electron chi connectivity index (χ2n) is 4.81. The molecule has 0 aromatic carbocycles. The van der Waals surface area contributed by atoms with Crippen molar-refractivity contribution in [2.75, 3.05) is 0 Å². The maximum atomic E-state index is 12.7. The van der Waals surface area contributed by atoms with Crippen molar-refractivity contribution in [3.8, 4) is 0 Å². The lowest BCUT2D eigenvalue weighted by molar-refractivity contribution is -0.201. The van der Waals surface area contributed by atoms with E-state index in [1.54, 1.807) is 11.4 Å². The van der Waals surface area contributed by atoms with E-state index in [0.29, 0.717) is 18.4 Å². The molecular formula is C12H15F3OS. The molecule has 2 unspecified atom stereocenters. The molecule has 0 spiro atoms. The monoisotopic (exact) mass is 264 g/mol. The maximum absolute atomic E-state index is 12.7. The molecule has 96 valence electrons. The Labute approximate surface area is 102 Å². The molecule has 17 heavy (non-hydrogen) atoms. The number of aryl methyl sites for hydroxylation is 1. The van der Waals surface area contributed by atoms with Crippen LogP contribution in [0.5, 0.6) is 0 Å². The van der Waals surface area contributed by atoms with Gasteiger partial charge in [-0.25, -0.2) is 0 Å². The predicted molar refractivity (Wildman–Crippen MR) is 61.0 cm³/mol. The van der Waals surface area contributed by atoms with Crippen LogP contribution in [0, 0.1) is 12.8 Å². The van der Waals surface area contributed by atoms with Crippen LogP contribution in [-0.4, -0.2) is 11.3 Å². The van der Waals surface area contributed by atoms with E-state index in [4.69, 9.17) is 0 Å². The highest BCUT2D eigenvalue weighted by Gasteiger charge is 2.47. The Balaban J connectivity index is 2.21. The average molecular weight is 264 g/mol. The molecule has 1 nitrogen and oxygen atoms in total. The largest absolute Gasteiger partial charge is 0.391 e. The van der Waals surface area contributed by atoms with Crippen LogP contribution in [0.1, 0.15) is 36.1 Å². The van der Waals surface area contributed by atoms with Crippen molar-refractivity contribution in [1.29, 1.82) is 0 Å². The van der Waals surface area contributed by atoms with Crippen LogP contribution in [0.15, 0.2) is 11.4 Å². The third-order valence-electron chi connectivity index (χ3n) is 3.46. The third-order valence-corrected chi connectivity index (χ3v) is 4.32. The van der Waals surface area contributed by atoms with Gasteiger partial charge in [-0.2, -0.15) is 13.2 Å². The molecule has 1 fully saturated rings. The van der Waals surface area contributed by atoms with Crippen molar-refractivity contribution in [2.24, 2.45) is 5.92 Å². The zero-order valence-electron chi connectivity index (χ0n) is 9.55. The molecule has 1 aromatic heterocycles. The van der Waals surface area contributed by atoms with Crippen LogP contribution in [-0.2, 0) is 5.60 Å². The number of hydrogen-bond donors (Lipinski definition) is 1. The fraction of sp³-hybridized carbons (Fsp3) is 0.667. The smallest absolute Gasteiger partial charge is 0.385 e. The average Bonchev–Trinajstić information content (AvgIpc) is 2.64. The second kappa shape index (κ2) is 4.28. The van der Waals surface area contributed by atoms with Crippen LogP contribution in [0.3, 0.4) is 0 Å². The van der Waals surface area contributed by atoms with E-state index in [-0.39, 0.29) is 12.8 Å². The van der Waals surface area contributed by atoms with Crippen LogP contribution in [0.4, 0.5) is 13.2 Å². The molecule has 0 bridgehead atoms. The van der Waals surface area contributed by atoms with Crippen LogP contribution >= 0.6 is 11.3 Å². The molecule has 1 aromatic rings. The first-order chi connectivity index (χ1) is 7.81. The van der Waals surface area contributed by atoms with Gasteiger partial charge in [0.25, 0.3) is 0 Å². The molecule has 2 atom stereocenters. The molecule has 0 aliphatic heterocycles. The molecule has 2 rings (SSSR count). The molecule has 5 heteroatoms. The summed E-state index contributed by atoms with van der Waals surface area (Å²) in [5.41, 5.74) is -0.641. The van der Waals surface area contributed by atoms with Crippen molar-refractivity contribution in [3.63, 3.8) is 0 Å². The maximum Gasteiger partial charge on any atom is 0.391 e. The van der Waals surface area contributed by atoms with Gasteiger partial charge in [-0.1, -0.05) is 0 Å². The van der Waals surface area contributed by atoms with Crippen molar-refractivity contribution in [3.05, 3.63) is 21.9 Å². The van der Waals surface area contributed by atoms with Gasteiger partial charge in [0.1, 0.15) is 0 Å². The van der Waals surface area contributed by atoms with Crippen LogP contribution in [0.25, 0.3) is 0 Å². The Morgan fingerprint density at radius 3 is 2.71 bits per heavy atom. The molecule has 0 amide bonds. The summed E-state index contributed by atoms with van der Waals surface area (Å²) in [7, 11) is 0. The summed E-state index contributed by atoms with van der Waals surface area (Å²) in [6.07, 6.45) is -3.41. The van der Waals surface area contributed by atoms with Gasteiger partial charge in [0, 0.05) is 4.88 Å². The topological polar surface area (TPSA) is 20.2 Å². The van der Waals surface area contributed by atoms with Gasteiger partial charge in [-0.15, -0.1) is 11.3 Å². The molecule has 1 saturated carbocycles. The fourth-order valence-corrected chi connectivity index (χ4v) is 3.28. The second-order valence-corrected chi connectivity index (χ2v) is 5.93. The van der Waals surface area contributed by atoms with E-state index in [9.17, 15) is 18.3 Å². The van der Waals surface area contributed by atoms with E-state index in [1.165, 1.54) is 11.3 Å². The third kappa shape index (κ3) is 2.65. The first-order valence-electron chi connectivity index (χ1n) is 5.66. The first kappa shape index (κ1) is 12.9. The summed E-state index contributed by atoms with van der Waals surface area (Å²) in [6.45, 7) is 1.89. The van der Waals surface area contributed by atoms with Gasteiger partial charge in [0.05, 0.1) is 11.5 Å². The number of rotatable bonds is 1. The molecule has 1 heterocycles. The summed E-state index contributed by atoms with van der Waals surface area (Å²) in [5, 5.41) is 12.2. The minimum Gasteiger partial charge on any atom is -0.385 e. The van der Waals surface area contributed by atoms with E-state index < -0.39 is 17.7 Å². The van der Waals surface area contributed by atoms with Crippen molar-refractivity contribution < 1.29 is 18.3 Å². The van der Waals surface area contributed by atoms with Crippen molar-refractivity contribution in [2.45, 2.75) is 44.4 Å². The number of alkyl halides is 3. The highest BCUT2D eigenvalue weighted by atomic mass is 32.1. The molecule has 1 N–H and O–H groups in total. The van der Waals surface area contributed by atoms with Gasteiger partial charge in [0.2, 0.25) is 0 Å². The standard InChI is InChI=1S/C12H15F3OS/c1-8-5-10(7-17-8)11(16)4-2-3-9(6-11)12(13,14)15/h5,7,9,16H,2-4,6H2,1H3. The summed E-state index contributed by atoms with van der Waals surface area (Å²) >= 11 is 1.46. The van der Waals surface area contributed by atoms with Crippen LogP contribution < -0.4 is 0 Å². The van der Waals surface area contributed by atoms with Crippen molar-refractivity contribution in [1.82, 2.24) is 0 Å². The Kier molecular flexibility index (Phi) is 3.25. The molecule has 0 saturated heterocycles. The first-order valence-corrected chi connectivity index (χ1v) is 6.54. The van der Waals surface area contributed by atoms with Gasteiger partial charge in [0.15, 0.2) is 0 Å². The van der Waals surface area contributed by atoms with E-state index >= 15 is 0 Å². The van der Waals surface area contributed by atoms with E-state index in [0.717, 1.165) is 4.88 Å². The zero-order valence-corrected chi connectivity index (χ0v) is 10.4. The summed E-state index contributed by atoms with van der Waals surface area (Å²) in [5.74, 6) is -1.37. The Hall–Kier alpha value is -0.550. The Bertz CT molecular complexity index is 399. The summed E-state index contributed by atoms with van der Waals surface area (Å²) < 4.78 is 38.1. The van der Waals surface area contributed by atoms with Gasteiger partial charge in [-0.05, 0) is 49.6 Å². The predicted octanol–water partition coefficient (Wildman–Crippen LogP) is 4.00. The Morgan fingerprint density at radius 2 is 2.18 bits per heavy atom. The van der Waals surface area contributed by atoms with Gasteiger partial charge >= 0.3 is 6.18 Å². The summed E-state index contributed by atoms with van der Waals surface area (Å²) in [4.78, 5) is 1.02. The Morgan fingerprint density at radius 1 is 1.47 bits per heavy atom. The number of thiophene rings is 1. The number of halogens is 3. The zero-order chi connectivity index (χ0) is 12.7. The molecule has 1 aliphatic rings. The normalized spacial score (nSPS) is 30.5.